The summed E-state index contributed by atoms with van der Waals surface area (Å²) in [6.07, 6.45) is 1.97. The zero-order valence-electron chi connectivity index (χ0n) is 9.28. The molecule has 5 nitrogen and oxygen atoms in total. The van der Waals surface area contributed by atoms with Crippen molar-refractivity contribution in [3.8, 4) is 0 Å². The quantitative estimate of drug-likeness (QED) is 0.746. The fourth-order valence-corrected chi connectivity index (χ4v) is 1.94. The van der Waals surface area contributed by atoms with Crippen molar-refractivity contribution in [2.24, 2.45) is 0 Å². The maximum absolute atomic E-state index is 9.85. The third-order valence-electron chi connectivity index (χ3n) is 1.81. The van der Waals surface area contributed by atoms with Crippen molar-refractivity contribution in [2.45, 2.75) is 26.0 Å². The lowest BCUT2D eigenvalue weighted by atomic mass is 10.1. The van der Waals surface area contributed by atoms with Gasteiger partial charge in [0.05, 0.1) is 12.1 Å². The Morgan fingerprint density at radius 3 is 2.87 bits per heavy atom. The van der Waals surface area contributed by atoms with Gasteiger partial charge in [-0.2, -0.15) is 16.7 Å². The number of hydrogen-bond acceptors (Lipinski definition) is 6. The molecule has 0 saturated heterocycles. The standard InChI is InChI=1S/C9H17N3O2S/c1-7-11-8(12-14-7)4-10-5-9(2,13)6-15-3/h10,13H,4-6H2,1-3H3. The summed E-state index contributed by atoms with van der Waals surface area (Å²) in [6.45, 7) is 4.58. The highest BCUT2D eigenvalue weighted by Gasteiger charge is 2.18. The molecule has 6 heteroatoms. The summed E-state index contributed by atoms with van der Waals surface area (Å²) in [6, 6.07) is 0. The van der Waals surface area contributed by atoms with Crippen LogP contribution in [0.25, 0.3) is 0 Å². The zero-order chi connectivity index (χ0) is 11.3. The Kier molecular flexibility index (Phi) is 4.56. The van der Waals surface area contributed by atoms with E-state index in [4.69, 9.17) is 4.52 Å². The topological polar surface area (TPSA) is 71.2 Å². The summed E-state index contributed by atoms with van der Waals surface area (Å²) in [5.74, 6) is 1.88. The van der Waals surface area contributed by atoms with Crippen LogP contribution in [0.2, 0.25) is 0 Å². The Labute approximate surface area is 93.6 Å². The number of aliphatic hydroxyl groups is 1. The summed E-state index contributed by atoms with van der Waals surface area (Å²) >= 11 is 1.62. The fourth-order valence-electron chi connectivity index (χ4n) is 1.22. The molecule has 0 aliphatic rings. The minimum Gasteiger partial charge on any atom is -0.388 e. The van der Waals surface area contributed by atoms with Crippen LogP contribution in [-0.4, -0.2) is 39.4 Å². The molecule has 0 aliphatic carbocycles. The predicted molar refractivity (Wildman–Crippen MR) is 59.7 cm³/mol. The van der Waals surface area contributed by atoms with E-state index < -0.39 is 5.60 Å². The van der Waals surface area contributed by atoms with Gasteiger partial charge < -0.3 is 14.9 Å². The van der Waals surface area contributed by atoms with Crippen LogP contribution in [0.5, 0.6) is 0 Å². The number of aryl methyl sites for hydroxylation is 1. The second-order valence-corrected chi connectivity index (χ2v) is 4.63. The highest BCUT2D eigenvalue weighted by Crippen LogP contribution is 2.09. The fraction of sp³-hybridized carbons (Fsp3) is 0.778. The summed E-state index contributed by atoms with van der Waals surface area (Å²) in [7, 11) is 0. The SMILES string of the molecule is CSCC(C)(O)CNCc1noc(C)n1. The maximum Gasteiger partial charge on any atom is 0.223 e. The molecule has 0 aliphatic heterocycles. The average molecular weight is 231 g/mol. The van der Waals surface area contributed by atoms with Gasteiger partial charge >= 0.3 is 0 Å². The number of aromatic nitrogens is 2. The first kappa shape index (κ1) is 12.5. The van der Waals surface area contributed by atoms with Crippen molar-refractivity contribution in [1.82, 2.24) is 15.5 Å². The van der Waals surface area contributed by atoms with Gasteiger partial charge in [-0.1, -0.05) is 5.16 Å². The first-order valence-electron chi connectivity index (χ1n) is 4.75. The summed E-state index contributed by atoms with van der Waals surface area (Å²) in [4.78, 5) is 4.05. The predicted octanol–water partition coefficient (Wildman–Crippen LogP) is 0.582. The van der Waals surface area contributed by atoms with Crippen LogP contribution < -0.4 is 5.32 Å². The van der Waals surface area contributed by atoms with Gasteiger partial charge in [-0.3, -0.25) is 0 Å². The molecule has 1 aromatic rings. The van der Waals surface area contributed by atoms with Crippen LogP contribution in [0.15, 0.2) is 4.52 Å². The van der Waals surface area contributed by atoms with E-state index in [1.54, 1.807) is 25.6 Å². The van der Waals surface area contributed by atoms with Crippen molar-refractivity contribution in [3.05, 3.63) is 11.7 Å². The van der Waals surface area contributed by atoms with Gasteiger partial charge in [0.2, 0.25) is 5.89 Å². The molecule has 0 aromatic carbocycles. The van der Waals surface area contributed by atoms with E-state index in [0.29, 0.717) is 30.6 Å². The molecular formula is C9H17N3O2S. The molecular weight excluding hydrogens is 214 g/mol. The molecule has 15 heavy (non-hydrogen) atoms. The Hall–Kier alpha value is -0.590. The van der Waals surface area contributed by atoms with E-state index >= 15 is 0 Å². The number of thioether (sulfide) groups is 1. The monoisotopic (exact) mass is 231 g/mol. The van der Waals surface area contributed by atoms with E-state index in [0.717, 1.165) is 0 Å². The molecule has 0 saturated carbocycles. The number of rotatable bonds is 6. The molecule has 0 spiro atoms. The van der Waals surface area contributed by atoms with Crippen LogP contribution in [0.3, 0.4) is 0 Å². The Morgan fingerprint density at radius 1 is 1.60 bits per heavy atom. The third-order valence-corrected chi connectivity index (χ3v) is 2.72. The summed E-state index contributed by atoms with van der Waals surface area (Å²) in [5, 5.41) is 16.7. The molecule has 0 radical (unpaired) electrons. The smallest absolute Gasteiger partial charge is 0.223 e. The number of hydrogen-bond donors (Lipinski definition) is 2. The van der Waals surface area contributed by atoms with Crippen LogP contribution in [0.1, 0.15) is 18.6 Å². The van der Waals surface area contributed by atoms with Crippen LogP contribution >= 0.6 is 11.8 Å². The molecule has 86 valence electrons. The van der Waals surface area contributed by atoms with Gasteiger partial charge in [0.1, 0.15) is 0 Å². The van der Waals surface area contributed by atoms with Crippen LogP contribution in [0, 0.1) is 6.92 Å². The van der Waals surface area contributed by atoms with Gasteiger partial charge in [-0.15, -0.1) is 0 Å². The van der Waals surface area contributed by atoms with Crippen LogP contribution in [0.4, 0.5) is 0 Å². The molecule has 1 aromatic heterocycles. The minimum absolute atomic E-state index is 0.515. The largest absolute Gasteiger partial charge is 0.388 e. The normalized spacial score (nSPS) is 15.2. The van der Waals surface area contributed by atoms with Crippen molar-refractivity contribution >= 4 is 11.8 Å². The van der Waals surface area contributed by atoms with E-state index in [1.165, 1.54) is 0 Å². The van der Waals surface area contributed by atoms with E-state index in [-0.39, 0.29) is 0 Å². The first-order chi connectivity index (χ1) is 7.03. The van der Waals surface area contributed by atoms with Gasteiger partial charge in [-0.25, -0.2) is 0 Å². The molecule has 1 rings (SSSR count). The second kappa shape index (κ2) is 5.48. The average Bonchev–Trinajstić information content (AvgIpc) is 2.51. The van der Waals surface area contributed by atoms with Gasteiger partial charge in [0.25, 0.3) is 0 Å². The lowest BCUT2D eigenvalue weighted by Gasteiger charge is -2.22. The third kappa shape index (κ3) is 4.63. The van der Waals surface area contributed by atoms with Crippen molar-refractivity contribution in [3.63, 3.8) is 0 Å². The molecule has 0 amide bonds. The zero-order valence-corrected chi connectivity index (χ0v) is 10.1. The lowest BCUT2D eigenvalue weighted by Crippen LogP contribution is -2.39. The van der Waals surface area contributed by atoms with E-state index in [1.807, 2.05) is 6.26 Å². The highest BCUT2D eigenvalue weighted by atomic mass is 32.2. The van der Waals surface area contributed by atoms with Gasteiger partial charge in [0.15, 0.2) is 5.82 Å². The Balaban J connectivity index is 2.27. The molecule has 1 atom stereocenters. The van der Waals surface area contributed by atoms with Crippen LogP contribution in [-0.2, 0) is 6.54 Å². The molecule has 0 bridgehead atoms. The Morgan fingerprint density at radius 2 is 2.33 bits per heavy atom. The van der Waals surface area contributed by atoms with Crippen molar-refractivity contribution in [2.75, 3.05) is 18.6 Å². The minimum atomic E-state index is -0.696. The van der Waals surface area contributed by atoms with Gasteiger partial charge in [-0.05, 0) is 13.2 Å². The van der Waals surface area contributed by atoms with Crippen molar-refractivity contribution in [1.29, 1.82) is 0 Å². The van der Waals surface area contributed by atoms with E-state index in [9.17, 15) is 5.11 Å². The molecule has 1 heterocycles. The molecule has 0 fully saturated rings. The Bertz CT molecular complexity index is 301. The first-order valence-corrected chi connectivity index (χ1v) is 6.14. The highest BCUT2D eigenvalue weighted by molar-refractivity contribution is 7.98. The van der Waals surface area contributed by atoms with Crippen molar-refractivity contribution < 1.29 is 9.63 Å². The summed E-state index contributed by atoms with van der Waals surface area (Å²) in [5.41, 5.74) is -0.696. The molecule has 1 unspecified atom stereocenters. The maximum atomic E-state index is 9.85. The van der Waals surface area contributed by atoms with Gasteiger partial charge in [0, 0.05) is 19.2 Å². The number of nitrogens with zero attached hydrogens (tertiary/aromatic N) is 2. The summed E-state index contributed by atoms with van der Waals surface area (Å²) < 4.78 is 4.83. The molecule has 2 N–H and O–H groups in total. The number of nitrogens with one attached hydrogen (secondary N) is 1. The lowest BCUT2D eigenvalue weighted by molar-refractivity contribution is 0.0843. The second-order valence-electron chi connectivity index (χ2n) is 3.76. The van der Waals surface area contributed by atoms with E-state index in [2.05, 4.69) is 15.5 Å².